The lowest BCUT2D eigenvalue weighted by atomic mass is 9.70. The number of ether oxygens (including phenoxy) is 2. The average molecular weight is 650 g/mol. The van der Waals surface area contributed by atoms with Gasteiger partial charge in [0.15, 0.2) is 0 Å². The first kappa shape index (κ1) is 33.5. The summed E-state index contributed by atoms with van der Waals surface area (Å²) in [5.41, 5.74) is 4.84. The molecule has 8 N–H and O–H groups in total. The maximum atomic E-state index is 12.2. The van der Waals surface area contributed by atoms with Crippen LogP contribution in [0, 0.1) is 23.7 Å². The molecule has 1 spiro atoms. The second kappa shape index (κ2) is 13.3. The Hall–Kier alpha value is -3.37. The number of carbonyl (C=O) groups is 1. The first-order valence-corrected chi connectivity index (χ1v) is 15.7. The van der Waals surface area contributed by atoms with E-state index < -0.39 is 79.7 Å². The molecule has 0 bridgehead atoms. The van der Waals surface area contributed by atoms with Crippen LogP contribution in [0.15, 0.2) is 36.4 Å². The molecule has 3 fully saturated rings. The Kier molecular flexibility index (Phi) is 9.46. The lowest BCUT2D eigenvalue weighted by Gasteiger charge is -2.40. The number of fused-ring (bicyclic) bond motifs is 5. The maximum absolute atomic E-state index is 12.2. The first-order valence-electron chi connectivity index (χ1n) is 15.7. The third kappa shape index (κ3) is 5.96. The largest absolute Gasteiger partial charge is 0.394 e. The molecule has 10 atom stereocenters. The lowest BCUT2D eigenvalue weighted by Crippen LogP contribution is -2.58. The second-order valence-electron chi connectivity index (χ2n) is 12.6. The van der Waals surface area contributed by atoms with Gasteiger partial charge >= 0.3 is 0 Å². The molecule has 4 aliphatic rings. The lowest BCUT2D eigenvalue weighted by molar-refractivity contribution is -0.214. The molecule has 12 nitrogen and oxygen atoms in total. The van der Waals surface area contributed by atoms with Crippen LogP contribution in [0.5, 0.6) is 0 Å². The topological polar surface area (TPSA) is 201 Å². The minimum Gasteiger partial charge on any atom is -0.394 e. The number of rotatable bonds is 2. The fraction of sp³-hybridized carbons (Fsp3) is 0.514. The number of aliphatic hydroxyl groups excluding tert-OH is 8. The zero-order valence-electron chi connectivity index (χ0n) is 25.7. The molecule has 1 aliphatic carbocycles. The minimum absolute atomic E-state index is 0.00316. The summed E-state index contributed by atoms with van der Waals surface area (Å²) in [7, 11) is 0. The normalized spacial score (nSPS) is 34.0. The van der Waals surface area contributed by atoms with Crippen LogP contribution < -0.4 is 0 Å². The number of hydrogen-bond acceptors (Lipinski definition) is 11. The molecule has 47 heavy (non-hydrogen) atoms. The van der Waals surface area contributed by atoms with Crippen LogP contribution in [0.3, 0.4) is 0 Å². The predicted octanol–water partition coefficient (Wildman–Crippen LogP) is -2.02. The molecule has 0 saturated carbocycles. The van der Waals surface area contributed by atoms with Crippen molar-refractivity contribution < 1.29 is 55.1 Å². The zero-order chi connectivity index (χ0) is 33.6. The fourth-order valence-electron chi connectivity index (χ4n) is 7.14. The summed E-state index contributed by atoms with van der Waals surface area (Å²) in [6.45, 7) is 1.53. The van der Waals surface area contributed by atoms with Crippen molar-refractivity contribution in [3.8, 4) is 34.8 Å². The molecule has 3 heterocycles. The Bertz CT molecular complexity index is 1520. The van der Waals surface area contributed by atoms with Gasteiger partial charge in [0.2, 0.25) is 5.91 Å². The van der Waals surface area contributed by atoms with E-state index >= 15 is 0 Å². The molecular weight excluding hydrogens is 610 g/mol. The highest BCUT2D eigenvalue weighted by Crippen LogP contribution is 2.54. The van der Waals surface area contributed by atoms with Crippen LogP contribution in [0.4, 0.5) is 0 Å². The van der Waals surface area contributed by atoms with E-state index in [4.69, 9.17) is 9.47 Å². The van der Waals surface area contributed by atoms with Crippen molar-refractivity contribution in [1.29, 1.82) is 0 Å². The number of aliphatic hydroxyl groups is 8. The number of carbonyl (C=O) groups excluding carboxylic acids is 1. The Morgan fingerprint density at radius 1 is 0.723 bits per heavy atom. The molecule has 8 unspecified atom stereocenters. The SMILES string of the molecule is CC(=O)N1CCC2(CC1)c1cc(C#CC3OC(CO)[C@@H](O)C(O)C3O)ccc1-c1ccc(C#CC3OC(CO)[C@@H](O)C(O)C3O)cc12. The number of amides is 1. The number of nitrogens with zero attached hydrogens (tertiary/aromatic N) is 1. The van der Waals surface area contributed by atoms with Crippen molar-refractivity contribution in [2.24, 2.45) is 0 Å². The van der Waals surface area contributed by atoms with Crippen molar-refractivity contribution in [1.82, 2.24) is 4.90 Å². The summed E-state index contributed by atoms with van der Waals surface area (Å²) in [5.74, 6) is 11.7. The minimum atomic E-state index is -1.53. The van der Waals surface area contributed by atoms with Gasteiger partial charge in [-0.3, -0.25) is 4.79 Å². The molecule has 3 saturated heterocycles. The maximum Gasteiger partial charge on any atom is 0.219 e. The van der Waals surface area contributed by atoms with E-state index in [0.717, 1.165) is 22.3 Å². The summed E-state index contributed by atoms with van der Waals surface area (Å²) in [4.78, 5) is 14.0. The van der Waals surface area contributed by atoms with Crippen LogP contribution in [0.2, 0.25) is 0 Å². The van der Waals surface area contributed by atoms with E-state index in [1.165, 1.54) is 0 Å². The Morgan fingerprint density at radius 3 is 1.53 bits per heavy atom. The second-order valence-corrected chi connectivity index (χ2v) is 12.6. The van der Waals surface area contributed by atoms with Crippen LogP contribution in [0.25, 0.3) is 11.1 Å². The van der Waals surface area contributed by atoms with Crippen LogP contribution in [-0.2, 0) is 19.7 Å². The number of piperidine rings is 1. The standard InChI is InChI=1S/C35H39NO11/c1-18(39)36-12-10-35(11-13-36)23-14-19(4-8-25-29(40)33(44)31(42)27(16-37)46-25)2-6-21(23)22-7-3-20(15-24(22)35)5-9-26-30(41)34(45)32(43)28(17-38)47-26/h2-3,6-7,14-15,25-34,37-38,40-45H,10-13,16-17H2,1H3/t25?,26?,27?,28?,29?,30?,31-,32-,33?,34?/m1/s1. The molecule has 0 aromatic heterocycles. The molecule has 0 radical (unpaired) electrons. The van der Waals surface area contributed by atoms with Crippen molar-refractivity contribution in [3.05, 3.63) is 58.7 Å². The fourth-order valence-corrected chi connectivity index (χ4v) is 7.14. The van der Waals surface area contributed by atoms with Gasteiger partial charge in [-0.2, -0.15) is 0 Å². The van der Waals surface area contributed by atoms with E-state index in [-0.39, 0.29) is 5.91 Å². The Labute approximate surface area is 271 Å². The van der Waals surface area contributed by atoms with Gasteiger partial charge in [0.1, 0.15) is 61.0 Å². The van der Waals surface area contributed by atoms with Gasteiger partial charge in [-0.15, -0.1) is 0 Å². The zero-order valence-corrected chi connectivity index (χ0v) is 25.7. The molecule has 6 rings (SSSR count). The van der Waals surface area contributed by atoms with Crippen LogP contribution in [0.1, 0.15) is 42.0 Å². The van der Waals surface area contributed by atoms with Gasteiger partial charge < -0.3 is 55.2 Å². The van der Waals surface area contributed by atoms with Crippen molar-refractivity contribution in [3.63, 3.8) is 0 Å². The third-order valence-corrected chi connectivity index (χ3v) is 9.92. The van der Waals surface area contributed by atoms with Crippen LogP contribution in [-0.4, -0.2) is 139 Å². The highest BCUT2D eigenvalue weighted by Gasteiger charge is 2.47. The van der Waals surface area contributed by atoms with E-state index in [1.807, 2.05) is 41.3 Å². The van der Waals surface area contributed by atoms with E-state index in [2.05, 4.69) is 23.7 Å². The molecule has 1 amide bonds. The van der Waals surface area contributed by atoms with Crippen LogP contribution >= 0.6 is 0 Å². The summed E-state index contributed by atoms with van der Waals surface area (Å²) in [6, 6.07) is 11.6. The van der Waals surface area contributed by atoms with Gasteiger partial charge in [-0.05, 0) is 59.4 Å². The molecule has 12 heteroatoms. The van der Waals surface area contributed by atoms with Gasteiger partial charge in [0.25, 0.3) is 0 Å². The summed E-state index contributed by atoms with van der Waals surface area (Å²) in [6.07, 6.45) is -12.0. The number of likely N-dealkylation sites (tertiary alicyclic amines) is 1. The van der Waals surface area contributed by atoms with Crippen molar-refractivity contribution in [2.45, 2.75) is 86.2 Å². The Morgan fingerprint density at radius 2 is 1.15 bits per heavy atom. The first-order chi connectivity index (χ1) is 22.5. The average Bonchev–Trinajstić information content (AvgIpc) is 3.33. The molecular formula is C35H39NO11. The van der Waals surface area contributed by atoms with E-state index in [9.17, 15) is 45.6 Å². The summed E-state index contributed by atoms with van der Waals surface area (Å²) < 4.78 is 11.1. The Balaban J connectivity index is 1.34. The van der Waals surface area contributed by atoms with Crippen molar-refractivity contribution >= 4 is 5.91 Å². The third-order valence-electron chi connectivity index (χ3n) is 9.92. The van der Waals surface area contributed by atoms with Gasteiger partial charge in [0, 0.05) is 36.6 Å². The summed E-state index contributed by atoms with van der Waals surface area (Å²) >= 11 is 0. The van der Waals surface area contributed by atoms with E-state index in [0.29, 0.717) is 37.1 Å². The molecule has 3 aliphatic heterocycles. The van der Waals surface area contributed by atoms with E-state index in [1.54, 1.807) is 6.92 Å². The quantitative estimate of drug-likeness (QED) is 0.167. The smallest absolute Gasteiger partial charge is 0.219 e. The van der Waals surface area contributed by atoms with Gasteiger partial charge in [-0.1, -0.05) is 35.8 Å². The highest BCUT2D eigenvalue weighted by molar-refractivity contribution is 5.83. The number of benzene rings is 2. The van der Waals surface area contributed by atoms with Crippen molar-refractivity contribution in [2.75, 3.05) is 26.3 Å². The van der Waals surface area contributed by atoms with Gasteiger partial charge in [-0.25, -0.2) is 0 Å². The van der Waals surface area contributed by atoms with Gasteiger partial charge in [0.05, 0.1) is 13.2 Å². The number of hydrogen-bond donors (Lipinski definition) is 8. The monoisotopic (exact) mass is 649 g/mol. The highest BCUT2D eigenvalue weighted by atomic mass is 16.5. The predicted molar refractivity (Wildman–Crippen MR) is 165 cm³/mol. The molecule has 250 valence electrons. The summed E-state index contributed by atoms with van der Waals surface area (Å²) in [5, 5.41) is 80.4. The molecule has 2 aromatic carbocycles. The molecule has 2 aromatic rings.